The fourth-order valence-corrected chi connectivity index (χ4v) is 2.81. The average molecular weight is 305 g/mol. The van der Waals surface area contributed by atoms with Gasteiger partial charge in [0, 0.05) is 11.9 Å². The van der Waals surface area contributed by atoms with Gasteiger partial charge in [0.25, 0.3) is 5.78 Å². The summed E-state index contributed by atoms with van der Waals surface area (Å²) < 4.78 is 1.67. The normalized spacial score (nSPS) is 16.7. The van der Waals surface area contributed by atoms with Crippen LogP contribution in [-0.2, 0) is 4.79 Å². The van der Waals surface area contributed by atoms with E-state index in [-0.39, 0.29) is 11.8 Å². The molecule has 1 aliphatic carbocycles. The van der Waals surface area contributed by atoms with Gasteiger partial charge in [-0.1, -0.05) is 35.9 Å². The minimum absolute atomic E-state index is 0.0868. The number of hydrogen-bond donors (Lipinski definition) is 1. The van der Waals surface area contributed by atoms with Crippen molar-refractivity contribution < 1.29 is 4.79 Å². The van der Waals surface area contributed by atoms with Gasteiger partial charge in [-0.3, -0.25) is 14.5 Å². The van der Waals surface area contributed by atoms with Crippen molar-refractivity contribution in [2.24, 2.45) is 5.92 Å². The van der Waals surface area contributed by atoms with Crippen molar-refractivity contribution in [2.45, 2.75) is 13.8 Å². The van der Waals surface area contributed by atoms with Crippen molar-refractivity contribution >= 4 is 23.2 Å². The minimum Gasteiger partial charge on any atom is -0.293 e. The number of amides is 1. The van der Waals surface area contributed by atoms with E-state index in [1.807, 2.05) is 50.2 Å². The van der Waals surface area contributed by atoms with Crippen molar-refractivity contribution in [3.63, 3.8) is 0 Å². The van der Waals surface area contributed by atoms with Crippen LogP contribution in [0.3, 0.4) is 0 Å². The van der Waals surface area contributed by atoms with Gasteiger partial charge in [0.05, 0.1) is 5.92 Å². The fourth-order valence-electron chi connectivity index (χ4n) is 2.81. The van der Waals surface area contributed by atoms with Gasteiger partial charge in [-0.2, -0.15) is 0 Å². The number of fused-ring (bicyclic) bond motifs is 1. The molecule has 6 nitrogen and oxygen atoms in total. The molecule has 23 heavy (non-hydrogen) atoms. The van der Waals surface area contributed by atoms with Crippen molar-refractivity contribution in [3.8, 4) is 0 Å². The van der Waals surface area contributed by atoms with E-state index in [4.69, 9.17) is 0 Å². The number of aromatic nitrogens is 4. The van der Waals surface area contributed by atoms with Crippen LogP contribution in [0.4, 0.5) is 5.95 Å². The molecule has 1 atom stereocenters. The topological polar surface area (TPSA) is 72.2 Å². The Morgan fingerprint density at radius 3 is 2.70 bits per heavy atom. The zero-order valence-electron chi connectivity index (χ0n) is 12.8. The van der Waals surface area contributed by atoms with E-state index >= 15 is 0 Å². The highest BCUT2D eigenvalue weighted by atomic mass is 16.2. The number of benzene rings is 1. The van der Waals surface area contributed by atoms with E-state index in [9.17, 15) is 4.79 Å². The number of carbonyl (C=O) groups is 1. The first kappa shape index (κ1) is 13.6. The third-order valence-electron chi connectivity index (χ3n) is 4.06. The van der Waals surface area contributed by atoms with Gasteiger partial charge in [0.1, 0.15) is 0 Å². The molecule has 1 unspecified atom stereocenters. The lowest BCUT2D eigenvalue weighted by Gasteiger charge is -2.04. The Kier molecular flexibility index (Phi) is 2.97. The van der Waals surface area contributed by atoms with Crippen LogP contribution < -0.4 is 5.32 Å². The molecule has 0 bridgehead atoms. The number of nitrogens with zero attached hydrogens (tertiary/aromatic N) is 4. The van der Waals surface area contributed by atoms with E-state index in [2.05, 4.69) is 20.5 Å². The zero-order chi connectivity index (χ0) is 16.0. The molecule has 1 N–H and O–H groups in total. The molecule has 2 aromatic heterocycles. The largest absolute Gasteiger partial charge is 0.293 e. The Morgan fingerprint density at radius 2 is 1.91 bits per heavy atom. The second kappa shape index (κ2) is 5.01. The molecular weight excluding hydrogens is 290 g/mol. The quantitative estimate of drug-likeness (QED) is 0.807. The first-order chi connectivity index (χ1) is 11.1. The maximum absolute atomic E-state index is 12.5. The van der Waals surface area contributed by atoms with Gasteiger partial charge >= 0.3 is 0 Å². The lowest BCUT2D eigenvalue weighted by molar-refractivity contribution is -0.116. The van der Waals surface area contributed by atoms with E-state index in [0.717, 1.165) is 22.4 Å². The first-order valence-electron chi connectivity index (χ1n) is 7.40. The van der Waals surface area contributed by atoms with Crippen LogP contribution in [0.5, 0.6) is 0 Å². The molecule has 0 saturated carbocycles. The van der Waals surface area contributed by atoms with Crippen LogP contribution >= 0.6 is 0 Å². The molecule has 1 amide bonds. The van der Waals surface area contributed by atoms with Gasteiger partial charge in [-0.15, -0.1) is 10.2 Å². The summed E-state index contributed by atoms with van der Waals surface area (Å²) in [6.45, 7) is 3.87. The molecule has 0 spiro atoms. The van der Waals surface area contributed by atoms with Gasteiger partial charge in [0.15, 0.2) is 0 Å². The predicted octanol–water partition coefficient (Wildman–Crippen LogP) is 2.47. The predicted molar refractivity (Wildman–Crippen MR) is 86.7 cm³/mol. The van der Waals surface area contributed by atoms with Crippen LogP contribution in [0.1, 0.15) is 18.2 Å². The molecule has 1 aliphatic rings. The lowest BCUT2D eigenvalue weighted by Crippen LogP contribution is -2.18. The molecule has 114 valence electrons. The van der Waals surface area contributed by atoms with Crippen molar-refractivity contribution in [1.82, 2.24) is 19.6 Å². The molecule has 2 heterocycles. The minimum atomic E-state index is -0.192. The third-order valence-corrected chi connectivity index (χ3v) is 4.06. The smallest absolute Gasteiger partial charge is 0.256 e. The Hall–Kier alpha value is -3.02. The van der Waals surface area contributed by atoms with Crippen LogP contribution in [0.25, 0.3) is 11.4 Å². The average Bonchev–Trinajstić information content (AvgIpc) is 3.08. The van der Waals surface area contributed by atoms with Crippen molar-refractivity contribution in [1.29, 1.82) is 0 Å². The lowest BCUT2D eigenvalue weighted by atomic mass is 10.1. The second-order valence-corrected chi connectivity index (χ2v) is 5.65. The Labute approximate surface area is 132 Å². The van der Waals surface area contributed by atoms with Crippen molar-refractivity contribution in [2.75, 3.05) is 5.32 Å². The van der Waals surface area contributed by atoms with E-state index in [0.29, 0.717) is 11.7 Å². The molecular formula is C17H15N5O. The number of rotatable bonds is 3. The molecule has 1 aromatic carbocycles. The van der Waals surface area contributed by atoms with Gasteiger partial charge in [0.2, 0.25) is 11.9 Å². The van der Waals surface area contributed by atoms with E-state index in [1.54, 1.807) is 10.6 Å². The summed E-state index contributed by atoms with van der Waals surface area (Å²) in [5, 5.41) is 10.8. The Balaban J connectivity index is 1.55. The number of anilines is 1. The fraction of sp³-hybridized carbons (Fsp3) is 0.176. The SMILES string of the molecule is CC1=C(c2ccccc2)C1C(=O)Nc1nnc2nc(C)ccn12. The van der Waals surface area contributed by atoms with Crippen LogP contribution in [0.2, 0.25) is 0 Å². The highest BCUT2D eigenvalue weighted by molar-refractivity contribution is 6.10. The number of nitrogens with one attached hydrogen (secondary N) is 1. The molecule has 0 aliphatic heterocycles. The van der Waals surface area contributed by atoms with Crippen LogP contribution in [0, 0.1) is 12.8 Å². The summed E-state index contributed by atoms with van der Waals surface area (Å²) in [4.78, 5) is 16.8. The third kappa shape index (κ3) is 2.28. The maximum Gasteiger partial charge on any atom is 0.256 e. The Morgan fingerprint density at radius 1 is 1.13 bits per heavy atom. The number of aryl methyl sites for hydroxylation is 1. The van der Waals surface area contributed by atoms with Gasteiger partial charge in [-0.05, 0) is 31.1 Å². The molecule has 3 aromatic rings. The van der Waals surface area contributed by atoms with Gasteiger partial charge < -0.3 is 0 Å². The summed E-state index contributed by atoms with van der Waals surface area (Å²) >= 11 is 0. The Bertz CT molecular complexity index is 942. The highest BCUT2D eigenvalue weighted by Crippen LogP contribution is 2.46. The summed E-state index contributed by atoms with van der Waals surface area (Å²) in [6.07, 6.45) is 1.80. The molecule has 4 rings (SSSR count). The van der Waals surface area contributed by atoms with E-state index < -0.39 is 0 Å². The summed E-state index contributed by atoms with van der Waals surface area (Å²) in [6, 6.07) is 11.8. The molecule has 0 fully saturated rings. The second-order valence-electron chi connectivity index (χ2n) is 5.65. The maximum atomic E-state index is 12.5. The molecule has 6 heteroatoms. The molecule has 0 radical (unpaired) electrons. The standard InChI is InChI=1S/C17H15N5O/c1-10-8-9-22-16(18-10)20-21-17(22)19-15(23)14-11(2)13(14)12-6-4-3-5-7-12/h3-9,14H,1-2H3,(H,19,21,23). The molecule has 0 saturated heterocycles. The summed E-state index contributed by atoms with van der Waals surface area (Å²) in [5.41, 5.74) is 4.13. The van der Waals surface area contributed by atoms with Crippen LogP contribution in [0.15, 0.2) is 48.2 Å². The zero-order valence-corrected chi connectivity index (χ0v) is 12.8. The monoisotopic (exact) mass is 305 g/mol. The summed E-state index contributed by atoms with van der Waals surface area (Å²) in [7, 11) is 0. The highest BCUT2D eigenvalue weighted by Gasteiger charge is 2.40. The van der Waals surface area contributed by atoms with E-state index in [1.165, 1.54) is 0 Å². The first-order valence-corrected chi connectivity index (χ1v) is 7.40. The van der Waals surface area contributed by atoms with Crippen molar-refractivity contribution in [3.05, 3.63) is 59.4 Å². The number of hydrogen-bond acceptors (Lipinski definition) is 4. The van der Waals surface area contributed by atoms with Gasteiger partial charge in [-0.25, -0.2) is 4.98 Å². The number of carbonyl (C=O) groups excluding carboxylic acids is 1. The summed E-state index contributed by atoms with van der Waals surface area (Å²) in [5.74, 6) is 0.591. The van der Waals surface area contributed by atoms with Crippen LogP contribution in [-0.4, -0.2) is 25.5 Å².